The van der Waals surface area contributed by atoms with Crippen molar-refractivity contribution in [3.63, 3.8) is 0 Å². The van der Waals surface area contributed by atoms with Crippen molar-refractivity contribution in [2.24, 2.45) is 0 Å². The molecule has 0 unspecified atom stereocenters. The summed E-state index contributed by atoms with van der Waals surface area (Å²) in [6, 6.07) is 3.69. The van der Waals surface area contributed by atoms with E-state index < -0.39 is 0 Å². The second-order valence-corrected chi connectivity index (χ2v) is 2.36. The highest BCUT2D eigenvalue weighted by Crippen LogP contribution is 1.99. The van der Waals surface area contributed by atoms with E-state index in [1.165, 1.54) is 0 Å². The topological polar surface area (TPSA) is 81.8 Å². The van der Waals surface area contributed by atoms with E-state index in [1.807, 2.05) is 6.07 Å². The zero-order valence-corrected chi connectivity index (χ0v) is 7.06. The number of aliphatic hydroxyl groups excluding tert-OH is 1. The molecule has 0 atom stereocenters. The number of nitriles is 1. The molecule has 0 saturated carbocycles. The number of nitrogens with one attached hydrogen (secondary N) is 1. The van der Waals surface area contributed by atoms with Crippen LogP contribution >= 0.6 is 0 Å². The first-order valence-corrected chi connectivity index (χ1v) is 3.90. The molecule has 1 aromatic rings. The number of nitrogens with zero attached hydrogens (tertiary/aromatic N) is 3. The average Bonchev–Trinajstić information content (AvgIpc) is 2.16. The Morgan fingerprint density at radius 3 is 3.15 bits per heavy atom. The summed E-state index contributed by atoms with van der Waals surface area (Å²) in [4.78, 5) is 7.96. The van der Waals surface area contributed by atoms with Crippen molar-refractivity contribution in [1.29, 1.82) is 5.26 Å². The zero-order valence-electron chi connectivity index (χ0n) is 7.06. The van der Waals surface area contributed by atoms with Crippen LogP contribution in [0.5, 0.6) is 0 Å². The molecule has 2 N–H and O–H groups in total. The van der Waals surface area contributed by atoms with Crippen LogP contribution in [0, 0.1) is 11.3 Å². The van der Waals surface area contributed by atoms with E-state index in [9.17, 15) is 0 Å². The van der Waals surface area contributed by atoms with Crippen molar-refractivity contribution in [3.8, 4) is 6.07 Å². The molecule has 13 heavy (non-hydrogen) atoms. The lowest BCUT2D eigenvalue weighted by Crippen LogP contribution is -2.09. The van der Waals surface area contributed by atoms with Gasteiger partial charge >= 0.3 is 0 Å². The van der Waals surface area contributed by atoms with Crippen molar-refractivity contribution in [3.05, 3.63) is 18.0 Å². The van der Waals surface area contributed by atoms with Crippen LogP contribution in [-0.2, 0) is 6.42 Å². The largest absolute Gasteiger partial charge is 0.395 e. The summed E-state index contributed by atoms with van der Waals surface area (Å²) in [7, 11) is 0. The first-order valence-electron chi connectivity index (χ1n) is 3.90. The van der Waals surface area contributed by atoms with E-state index >= 15 is 0 Å². The van der Waals surface area contributed by atoms with Crippen LogP contribution in [-0.4, -0.2) is 28.2 Å². The van der Waals surface area contributed by atoms with Gasteiger partial charge in [-0.3, -0.25) is 0 Å². The van der Waals surface area contributed by atoms with E-state index in [0.717, 1.165) is 0 Å². The Bertz CT molecular complexity index is 307. The van der Waals surface area contributed by atoms with Gasteiger partial charge in [-0.1, -0.05) is 0 Å². The van der Waals surface area contributed by atoms with E-state index in [0.29, 0.717) is 18.2 Å². The molecule has 0 amide bonds. The predicted molar refractivity (Wildman–Crippen MR) is 46.9 cm³/mol. The van der Waals surface area contributed by atoms with Gasteiger partial charge in [-0.15, -0.1) is 0 Å². The van der Waals surface area contributed by atoms with Crippen molar-refractivity contribution < 1.29 is 5.11 Å². The smallest absolute Gasteiger partial charge is 0.222 e. The van der Waals surface area contributed by atoms with Gasteiger partial charge in [0.25, 0.3) is 0 Å². The van der Waals surface area contributed by atoms with Gasteiger partial charge in [-0.05, 0) is 6.07 Å². The van der Waals surface area contributed by atoms with Gasteiger partial charge in [0.05, 0.1) is 24.8 Å². The van der Waals surface area contributed by atoms with Gasteiger partial charge in [-0.2, -0.15) is 5.26 Å². The molecule has 0 spiro atoms. The first-order chi connectivity index (χ1) is 6.36. The molecule has 0 radical (unpaired) electrons. The summed E-state index contributed by atoms with van der Waals surface area (Å²) in [6.45, 7) is 0.446. The highest BCUT2D eigenvalue weighted by molar-refractivity contribution is 5.25. The van der Waals surface area contributed by atoms with Crippen molar-refractivity contribution >= 4 is 5.95 Å². The minimum Gasteiger partial charge on any atom is -0.395 e. The summed E-state index contributed by atoms with van der Waals surface area (Å²) >= 11 is 0. The van der Waals surface area contributed by atoms with Gasteiger partial charge in [-0.25, -0.2) is 9.97 Å². The Balaban J connectivity index is 2.63. The van der Waals surface area contributed by atoms with Gasteiger partial charge in [0.2, 0.25) is 5.95 Å². The minimum absolute atomic E-state index is 0.0336. The summed E-state index contributed by atoms with van der Waals surface area (Å²) in [5, 5.41) is 19.8. The van der Waals surface area contributed by atoms with Crippen molar-refractivity contribution in [2.45, 2.75) is 6.42 Å². The fourth-order valence-corrected chi connectivity index (χ4v) is 0.828. The first kappa shape index (κ1) is 9.42. The van der Waals surface area contributed by atoms with Gasteiger partial charge < -0.3 is 10.4 Å². The molecule has 5 heteroatoms. The van der Waals surface area contributed by atoms with Crippen LogP contribution in [0.1, 0.15) is 5.69 Å². The minimum atomic E-state index is 0.0336. The molecule has 0 aliphatic carbocycles. The molecule has 68 valence electrons. The number of anilines is 1. The van der Waals surface area contributed by atoms with Crippen LogP contribution in [0.2, 0.25) is 0 Å². The maximum atomic E-state index is 8.53. The molecular formula is C8H10N4O. The number of hydrogen-bond acceptors (Lipinski definition) is 5. The van der Waals surface area contributed by atoms with Gasteiger partial charge in [0, 0.05) is 12.7 Å². The average molecular weight is 178 g/mol. The Morgan fingerprint density at radius 1 is 1.62 bits per heavy atom. The fourth-order valence-electron chi connectivity index (χ4n) is 0.828. The summed E-state index contributed by atoms with van der Waals surface area (Å²) < 4.78 is 0. The molecule has 0 aromatic carbocycles. The molecular weight excluding hydrogens is 168 g/mol. The van der Waals surface area contributed by atoms with Crippen LogP contribution in [0.15, 0.2) is 12.3 Å². The van der Waals surface area contributed by atoms with Crippen LogP contribution < -0.4 is 5.32 Å². The van der Waals surface area contributed by atoms with E-state index in [1.54, 1.807) is 12.3 Å². The SMILES string of the molecule is N#CCc1ccnc(NCCO)n1. The Kier molecular flexibility index (Phi) is 3.67. The van der Waals surface area contributed by atoms with Crippen LogP contribution in [0.4, 0.5) is 5.95 Å². The zero-order chi connectivity index (χ0) is 9.52. The molecule has 0 fully saturated rings. The Morgan fingerprint density at radius 2 is 2.46 bits per heavy atom. The Labute approximate surface area is 76.1 Å². The monoisotopic (exact) mass is 178 g/mol. The maximum absolute atomic E-state index is 8.53. The highest BCUT2D eigenvalue weighted by atomic mass is 16.3. The highest BCUT2D eigenvalue weighted by Gasteiger charge is 1.96. The molecule has 0 saturated heterocycles. The number of aromatic nitrogens is 2. The second kappa shape index (κ2) is 5.06. The quantitative estimate of drug-likeness (QED) is 0.675. The molecule has 0 bridgehead atoms. The fraction of sp³-hybridized carbons (Fsp3) is 0.375. The maximum Gasteiger partial charge on any atom is 0.222 e. The number of aliphatic hydroxyl groups is 1. The standard InChI is InChI=1S/C8H10N4O/c9-3-1-7-2-4-10-8(12-7)11-5-6-13/h2,4,13H,1,5-6H2,(H,10,11,12). The van der Waals surface area contributed by atoms with Crippen LogP contribution in [0.3, 0.4) is 0 Å². The van der Waals surface area contributed by atoms with Gasteiger partial charge in [0.15, 0.2) is 0 Å². The molecule has 1 aromatic heterocycles. The third-order valence-corrected chi connectivity index (χ3v) is 1.37. The van der Waals surface area contributed by atoms with Crippen molar-refractivity contribution in [2.75, 3.05) is 18.5 Å². The van der Waals surface area contributed by atoms with E-state index in [-0.39, 0.29) is 13.0 Å². The predicted octanol–water partition coefficient (Wildman–Crippen LogP) is -0.0531. The normalized spacial score (nSPS) is 9.23. The van der Waals surface area contributed by atoms with E-state index in [2.05, 4.69) is 15.3 Å². The number of hydrogen-bond donors (Lipinski definition) is 2. The molecule has 5 nitrogen and oxygen atoms in total. The lowest BCUT2D eigenvalue weighted by atomic mass is 10.3. The third-order valence-electron chi connectivity index (χ3n) is 1.37. The summed E-state index contributed by atoms with van der Waals surface area (Å²) in [6.07, 6.45) is 1.86. The summed E-state index contributed by atoms with van der Waals surface area (Å²) in [5.41, 5.74) is 0.679. The lowest BCUT2D eigenvalue weighted by Gasteiger charge is -2.02. The third kappa shape index (κ3) is 3.05. The van der Waals surface area contributed by atoms with E-state index in [4.69, 9.17) is 10.4 Å². The van der Waals surface area contributed by atoms with Gasteiger partial charge in [0.1, 0.15) is 0 Å². The van der Waals surface area contributed by atoms with Crippen LogP contribution in [0.25, 0.3) is 0 Å². The molecule has 0 aliphatic heterocycles. The summed E-state index contributed by atoms with van der Waals surface area (Å²) in [5.74, 6) is 0.446. The molecule has 1 heterocycles. The Hall–Kier alpha value is -1.67. The van der Waals surface area contributed by atoms with Crippen molar-refractivity contribution in [1.82, 2.24) is 9.97 Å². The number of rotatable bonds is 4. The lowest BCUT2D eigenvalue weighted by molar-refractivity contribution is 0.311. The second-order valence-electron chi connectivity index (χ2n) is 2.36. The molecule has 1 rings (SSSR count). The molecule has 0 aliphatic rings.